The molecule has 1 unspecified atom stereocenters. The SMILES string of the molecule is COCCCNC(=O)c1cc2c(s1)CCC(C)C2. The quantitative estimate of drug-likeness (QED) is 0.833. The highest BCUT2D eigenvalue weighted by atomic mass is 32.1. The molecule has 0 aromatic carbocycles. The van der Waals surface area contributed by atoms with Gasteiger partial charge in [0.1, 0.15) is 0 Å². The third kappa shape index (κ3) is 3.33. The lowest BCUT2D eigenvalue weighted by Gasteiger charge is -2.16. The van der Waals surface area contributed by atoms with Crippen LogP contribution in [0.5, 0.6) is 0 Å². The van der Waals surface area contributed by atoms with Crippen molar-refractivity contribution < 1.29 is 9.53 Å². The number of carbonyl (C=O) groups is 1. The molecule has 1 aliphatic rings. The van der Waals surface area contributed by atoms with Gasteiger partial charge in [0, 0.05) is 25.1 Å². The van der Waals surface area contributed by atoms with E-state index in [9.17, 15) is 4.79 Å². The summed E-state index contributed by atoms with van der Waals surface area (Å²) in [7, 11) is 1.68. The van der Waals surface area contributed by atoms with Gasteiger partial charge in [0.25, 0.3) is 5.91 Å². The molecule has 1 atom stereocenters. The van der Waals surface area contributed by atoms with Crippen molar-refractivity contribution in [2.45, 2.75) is 32.6 Å². The molecular formula is C14H21NO2S. The van der Waals surface area contributed by atoms with E-state index < -0.39 is 0 Å². The number of amides is 1. The van der Waals surface area contributed by atoms with Gasteiger partial charge < -0.3 is 10.1 Å². The Bertz CT molecular complexity index is 414. The maximum absolute atomic E-state index is 12.0. The van der Waals surface area contributed by atoms with E-state index in [0.29, 0.717) is 13.2 Å². The van der Waals surface area contributed by atoms with Crippen molar-refractivity contribution in [3.05, 3.63) is 21.4 Å². The number of rotatable bonds is 5. The first kappa shape index (κ1) is 13.6. The predicted molar refractivity (Wildman–Crippen MR) is 74.3 cm³/mol. The van der Waals surface area contributed by atoms with E-state index in [1.807, 2.05) is 0 Å². The van der Waals surface area contributed by atoms with Gasteiger partial charge in [-0.3, -0.25) is 4.79 Å². The first-order chi connectivity index (χ1) is 8.70. The molecule has 0 saturated heterocycles. The number of nitrogens with one attached hydrogen (secondary N) is 1. The van der Waals surface area contributed by atoms with Gasteiger partial charge in [-0.2, -0.15) is 0 Å². The second-order valence-corrected chi connectivity index (χ2v) is 6.15. The summed E-state index contributed by atoms with van der Waals surface area (Å²) in [6, 6.07) is 2.08. The summed E-state index contributed by atoms with van der Waals surface area (Å²) in [5.41, 5.74) is 1.39. The highest BCUT2D eigenvalue weighted by molar-refractivity contribution is 7.14. The lowest BCUT2D eigenvalue weighted by atomic mass is 9.90. The Labute approximate surface area is 113 Å². The Morgan fingerprint density at radius 1 is 1.61 bits per heavy atom. The van der Waals surface area contributed by atoms with Crippen molar-refractivity contribution in [2.75, 3.05) is 20.3 Å². The summed E-state index contributed by atoms with van der Waals surface area (Å²) in [6.45, 7) is 3.66. The van der Waals surface area contributed by atoms with Crippen molar-refractivity contribution in [1.29, 1.82) is 0 Å². The van der Waals surface area contributed by atoms with Crippen molar-refractivity contribution in [1.82, 2.24) is 5.32 Å². The maximum Gasteiger partial charge on any atom is 0.261 e. The summed E-state index contributed by atoms with van der Waals surface area (Å²) in [6.07, 6.45) is 4.38. The largest absolute Gasteiger partial charge is 0.385 e. The predicted octanol–water partition coefficient (Wildman–Crippen LogP) is 2.64. The summed E-state index contributed by atoms with van der Waals surface area (Å²) in [5.74, 6) is 0.822. The van der Waals surface area contributed by atoms with Crippen LogP contribution in [0.2, 0.25) is 0 Å². The number of aryl methyl sites for hydroxylation is 1. The van der Waals surface area contributed by atoms with E-state index in [0.717, 1.165) is 30.1 Å². The third-order valence-corrected chi connectivity index (χ3v) is 4.60. The number of thiophene rings is 1. The van der Waals surface area contributed by atoms with E-state index in [2.05, 4.69) is 18.3 Å². The molecule has 0 radical (unpaired) electrons. The summed E-state index contributed by atoms with van der Waals surface area (Å²) in [4.78, 5) is 14.2. The van der Waals surface area contributed by atoms with Crippen molar-refractivity contribution >= 4 is 17.2 Å². The Morgan fingerprint density at radius 2 is 2.44 bits per heavy atom. The van der Waals surface area contributed by atoms with E-state index in [-0.39, 0.29) is 5.91 Å². The van der Waals surface area contributed by atoms with Crippen LogP contribution in [-0.2, 0) is 17.6 Å². The highest BCUT2D eigenvalue weighted by Crippen LogP contribution is 2.32. The minimum atomic E-state index is 0.0677. The topological polar surface area (TPSA) is 38.3 Å². The normalized spacial score (nSPS) is 18.4. The minimum Gasteiger partial charge on any atom is -0.385 e. The summed E-state index contributed by atoms with van der Waals surface area (Å²) in [5, 5.41) is 2.95. The molecule has 0 saturated carbocycles. The van der Waals surface area contributed by atoms with Crippen molar-refractivity contribution in [3.63, 3.8) is 0 Å². The van der Waals surface area contributed by atoms with Gasteiger partial charge in [-0.05, 0) is 43.2 Å². The molecule has 1 N–H and O–H groups in total. The van der Waals surface area contributed by atoms with Crippen LogP contribution in [0.1, 0.15) is 39.9 Å². The molecule has 1 aromatic rings. The van der Waals surface area contributed by atoms with Crippen LogP contribution in [-0.4, -0.2) is 26.2 Å². The monoisotopic (exact) mass is 267 g/mol. The molecular weight excluding hydrogens is 246 g/mol. The van der Waals surface area contributed by atoms with Crippen LogP contribution in [0, 0.1) is 5.92 Å². The molecule has 4 heteroatoms. The molecule has 1 aromatic heterocycles. The summed E-state index contributed by atoms with van der Waals surface area (Å²) < 4.78 is 4.96. The fourth-order valence-corrected chi connectivity index (χ4v) is 3.45. The van der Waals surface area contributed by atoms with Gasteiger partial charge >= 0.3 is 0 Å². The molecule has 2 rings (SSSR count). The lowest BCUT2D eigenvalue weighted by Crippen LogP contribution is -2.24. The lowest BCUT2D eigenvalue weighted by molar-refractivity contribution is 0.0952. The molecule has 3 nitrogen and oxygen atoms in total. The number of hydrogen-bond acceptors (Lipinski definition) is 3. The van der Waals surface area contributed by atoms with Crippen molar-refractivity contribution in [2.24, 2.45) is 5.92 Å². The van der Waals surface area contributed by atoms with Crippen LogP contribution in [0.4, 0.5) is 0 Å². The van der Waals surface area contributed by atoms with E-state index in [4.69, 9.17) is 4.74 Å². The molecule has 18 heavy (non-hydrogen) atoms. The molecule has 1 amide bonds. The van der Waals surface area contributed by atoms with Crippen LogP contribution in [0.25, 0.3) is 0 Å². The molecule has 0 bridgehead atoms. The minimum absolute atomic E-state index is 0.0677. The first-order valence-electron chi connectivity index (χ1n) is 6.59. The third-order valence-electron chi connectivity index (χ3n) is 3.36. The number of ether oxygens (including phenoxy) is 1. The molecule has 100 valence electrons. The molecule has 0 spiro atoms. The van der Waals surface area contributed by atoms with E-state index >= 15 is 0 Å². The molecule has 1 heterocycles. The number of carbonyl (C=O) groups excluding carboxylic acids is 1. The van der Waals surface area contributed by atoms with Crippen LogP contribution in [0.3, 0.4) is 0 Å². The number of hydrogen-bond donors (Lipinski definition) is 1. The molecule has 0 fully saturated rings. The fourth-order valence-electron chi connectivity index (χ4n) is 2.32. The zero-order valence-corrected chi connectivity index (χ0v) is 11.9. The van der Waals surface area contributed by atoms with Crippen LogP contribution < -0.4 is 5.32 Å². The number of fused-ring (bicyclic) bond motifs is 1. The fraction of sp³-hybridized carbons (Fsp3) is 0.643. The Morgan fingerprint density at radius 3 is 3.22 bits per heavy atom. The van der Waals surface area contributed by atoms with E-state index in [1.165, 1.54) is 16.9 Å². The Hall–Kier alpha value is -0.870. The van der Waals surface area contributed by atoms with Gasteiger partial charge in [0.2, 0.25) is 0 Å². The van der Waals surface area contributed by atoms with Crippen LogP contribution >= 0.6 is 11.3 Å². The highest BCUT2D eigenvalue weighted by Gasteiger charge is 2.20. The standard InChI is InChI=1S/C14H21NO2S/c1-10-4-5-12-11(8-10)9-13(18-12)14(16)15-6-3-7-17-2/h9-10H,3-8H2,1-2H3,(H,15,16). The Kier molecular flexibility index (Phi) is 4.78. The van der Waals surface area contributed by atoms with E-state index in [1.54, 1.807) is 18.4 Å². The smallest absolute Gasteiger partial charge is 0.261 e. The van der Waals surface area contributed by atoms with Gasteiger partial charge in [0.15, 0.2) is 0 Å². The molecule has 0 aliphatic heterocycles. The zero-order valence-electron chi connectivity index (χ0n) is 11.1. The van der Waals surface area contributed by atoms with Gasteiger partial charge in [0.05, 0.1) is 4.88 Å². The van der Waals surface area contributed by atoms with Gasteiger partial charge in [-0.1, -0.05) is 6.92 Å². The van der Waals surface area contributed by atoms with Gasteiger partial charge in [-0.25, -0.2) is 0 Å². The van der Waals surface area contributed by atoms with Gasteiger partial charge in [-0.15, -0.1) is 11.3 Å². The first-order valence-corrected chi connectivity index (χ1v) is 7.41. The summed E-state index contributed by atoms with van der Waals surface area (Å²) >= 11 is 1.67. The zero-order chi connectivity index (χ0) is 13.0. The average molecular weight is 267 g/mol. The van der Waals surface area contributed by atoms with Crippen LogP contribution in [0.15, 0.2) is 6.07 Å². The second kappa shape index (κ2) is 6.34. The van der Waals surface area contributed by atoms with Crippen molar-refractivity contribution in [3.8, 4) is 0 Å². The average Bonchev–Trinajstić information content (AvgIpc) is 2.77. The maximum atomic E-state index is 12.0. The Balaban J connectivity index is 1.91. The molecule has 1 aliphatic carbocycles. The number of methoxy groups -OCH3 is 1. The second-order valence-electron chi connectivity index (χ2n) is 5.01.